The van der Waals surface area contributed by atoms with Crippen LogP contribution in [-0.4, -0.2) is 9.38 Å². The molecule has 3 aromatic carbocycles. The van der Waals surface area contributed by atoms with Crippen LogP contribution in [0.1, 0.15) is 5.56 Å². The molecule has 0 amide bonds. The molecule has 0 aliphatic heterocycles. The number of hydrogen-bond acceptors (Lipinski definition) is 1. The number of para-hydroxylation sites is 1. The lowest BCUT2D eigenvalue weighted by Crippen LogP contribution is -1.93. The first kappa shape index (κ1) is 13.3. The Kier molecular flexibility index (Phi) is 2.74. The second kappa shape index (κ2) is 4.93. The summed E-state index contributed by atoms with van der Waals surface area (Å²) in [5.41, 5.74) is 6.85. The first-order valence-corrected chi connectivity index (χ1v) is 8.18. The molecule has 2 nitrogen and oxygen atoms in total. The monoisotopic (exact) mass is 308 g/mol. The molecule has 0 bridgehead atoms. The summed E-state index contributed by atoms with van der Waals surface area (Å²) in [5, 5.41) is 2.41. The standard InChI is InChI=1S/C22H16N2/c1-15-8-7-13-19-21(15)23-22-18-12-6-5-11-17(18)14-20(24(19)22)16-9-3-2-4-10-16/h2-14H,1H3. The molecule has 0 saturated carbocycles. The number of aromatic nitrogens is 2. The Balaban J connectivity index is 2.07. The molecule has 0 radical (unpaired) electrons. The average Bonchev–Trinajstić information content (AvgIpc) is 3.03. The number of rotatable bonds is 1. The van der Waals surface area contributed by atoms with E-state index in [0.29, 0.717) is 0 Å². The molecule has 2 heterocycles. The van der Waals surface area contributed by atoms with Crippen molar-refractivity contribution in [2.45, 2.75) is 6.92 Å². The first-order valence-electron chi connectivity index (χ1n) is 8.18. The van der Waals surface area contributed by atoms with Gasteiger partial charge in [-0.2, -0.15) is 0 Å². The lowest BCUT2D eigenvalue weighted by molar-refractivity contribution is 1.25. The summed E-state index contributed by atoms with van der Waals surface area (Å²) in [6.45, 7) is 2.12. The van der Waals surface area contributed by atoms with E-state index in [1.54, 1.807) is 0 Å². The molecular weight excluding hydrogens is 292 g/mol. The zero-order valence-corrected chi connectivity index (χ0v) is 13.4. The highest BCUT2D eigenvalue weighted by Crippen LogP contribution is 2.32. The van der Waals surface area contributed by atoms with Gasteiger partial charge in [0.2, 0.25) is 0 Å². The van der Waals surface area contributed by atoms with Gasteiger partial charge < -0.3 is 0 Å². The molecular formula is C22H16N2. The summed E-state index contributed by atoms with van der Waals surface area (Å²) in [6.07, 6.45) is 0. The van der Waals surface area contributed by atoms with Gasteiger partial charge in [0.15, 0.2) is 0 Å². The predicted octanol–water partition coefficient (Wildman–Crippen LogP) is 5.62. The minimum atomic E-state index is 1.02. The van der Waals surface area contributed by atoms with Crippen LogP contribution in [0.4, 0.5) is 0 Å². The van der Waals surface area contributed by atoms with Crippen LogP contribution in [0, 0.1) is 6.92 Å². The van der Waals surface area contributed by atoms with Gasteiger partial charge in [-0.1, -0.05) is 66.7 Å². The fourth-order valence-corrected chi connectivity index (χ4v) is 3.52. The van der Waals surface area contributed by atoms with E-state index in [2.05, 4.69) is 90.2 Å². The van der Waals surface area contributed by atoms with Crippen molar-refractivity contribution < 1.29 is 0 Å². The van der Waals surface area contributed by atoms with E-state index >= 15 is 0 Å². The quantitative estimate of drug-likeness (QED) is 0.393. The van der Waals surface area contributed by atoms with E-state index in [4.69, 9.17) is 4.98 Å². The number of benzene rings is 3. The van der Waals surface area contributed by atoms with Gasteiger partial charge >= 0.3 is 0 Å². The van der Waals surface area contributed by atoms with Crippen molar-refractivity contribution in [1.29, 1.82) is 0 Å². The van der Waals surface area contributed by atoms with Crippen LogP contribution in [0.3, 0.4) is 0 Å². The van der Waals surface area contributed by atoms with Gasteiger partial charge in [0.1, 0.15) is 5.65 Å². The molecule has 5 rings (SSSR count). The summed E-state index contributed by atoms with van der Waals surface area (Å²) in [6, 6.07) is 27.7. The number of hydrogen-bond donors (Lipinski definition) is 0. The van der Waals surface area contributed by atoms with Gasteiger partial charge in [-0.05, 0) is 35.6 Å². The molecule has 2 aromatic heterocycles. The van der Waals surface area contributed by atoms with Gasteiger partial charge in [-0.15, -0.1) is 0 Å². The Bertz CT molecular complexity index is 1200. The number of fused-ring (bicyclic) bond motifs is 5. The summed E-state index contributed by atoms with van der Waals surface area (Å²) >= 11 is 0. The summed E-state index contributed by atoms with van der Waals surface area (Å²) in [4.78, 5) is 4.99. The highest BCUT2D eigenvalue weighted by Gasteiger charge is 2.14. The van der Waals surface area contributed by atoms with E-state index < -0.39 is 0 Å². The third kappa shape index (κ3) is 1.80. The number of pyridine rings is 1. The van der Waals surface area contributed by atoms with Crippen molar-refractivity contribution in [1.82, 2.24) is 9.38 Å². The summed E-state index contributed by atoms with van der Waals surface area (Å²) in [5.74, 6) is 0. The molecule has 2 heteroatoms. The largest absolute Gasteiger partial charge is 0.292 e. The highest BCUT2D eigenvalue weighted by molar-refractivity contribution is 6.01. The Labute approximate surface area is 140 Å². The maximum absolute atomic E-state index is 4.99. The van der Waals surface area contributed by atoms with Crippen LogP contribution < -0.4 is 0 Å². The zero-order chi connectivity index (χ0) is 16.1. The molecule has 0 unspecified atom stereocenters. The molecule has 0 atom stereocenters. The molecule has 0 spiro atoms. The molecule has 0 aliphatic carbocycles. The van der Waals surface area contributed by atoms with E-state index in [1.807, 2.05) is 0 Å². The molecule has 24 heavy (non-hydrogen) atoms. The second-order valence-electron chi connectivity index (χ2n) is 6.20. The smallest absolute Gasteiger partial charge is 0.146 e. The fourth-order valence-electron chi connectivity index (χ4n) is 3.52. The minimum Gasteiger partial charge on any atom is -0.292 e. The minimum absolute atomic E-state index is 1.02. The topological polar surface area (TPSA) is 17.3 Å². The van der Waals surface area contributed by atoms with Gasteiger partial charge in [-0.3, -0.25) is 4.40 Å². The van der Waals surface area contributed by atoms with E-state index in [-0.39, 0.29) is 0 Å². The Morgan fingerprint density at radius 3 is 2.46 bits per heavy atom. The molecule has 0 N–H and O–H groups in total. The maximum Gasteiger partial charge on any atom is 0.146 e. The molecule has 0 fully saturated rings. The molecule has 0 saturated heterocycles. The van der Waals surface area contributed by atoms with Crippen molar-refractivity contribution in [3.05, 3.63) is 84.4 Å². The summed E-state index contributed by atoms with van der Waals surface area (Å²) < 4.78 is 2.29. The predicted molar refractivity (Wildman–Crippen MR) is 100 cm³/mol. The van der Waals surface area contributed by atoms with Crippen LogP contribution in [0.5, 0.6) is 0 Å². The van der Waals surface area contributed by atoms with Crippen LogP contribution in [0.15, 0.2) is 78.9 Å². The lowest BCUT2D eigenvalue weighted by atomic mass is 10.1. The lowest BCUT2D eigenvalue weighted by Gasteiger charge is -2.10. The number of aryl methyl sites for hydroxylation is 1. The molecule has 5 aromatic rings. The Morgan fingerprint density at radius 1 is 0.792 bits per heavy atom. The number of imidazole rings is 1. The Hall–Kier alpha value is -3.13. The van der Waals surface area contributed by atoms with Crippen LogP contribution in [-0.2, 0) is 0 Å². The van der Waals surface area contributed by atoms with Crippen molar-refractivity contribution >= 4 is 27.5 Å². The van der Waals surface area contributed by atoms with E-state index in [1.165, 1.54) is 27.6 Å². The van der Waals surface area contributed by atoms with Crippen LogP contribution in [0.25, 0.3) is 38.7 Å². The Morgan fingerprint density at radius 2 is 1.58 bits per heavy atom. The van der Waals surface area contributed by atoms with Gasteiger partial charge in [0, 0.05) is 5.39 Å². The van der Waals surface area contributed by atoms with Crippen molar-refractivity contribution in [3.63, 3.8) is 0 Å². The first-order chi connectivity index (χ1) is 11.8. The highest BCUT2D eigenvalue weighted by atomic mass is 15.0. The van der Waals surface area contributed by atoms with Gasteiger partial charge in [0.05, 0.1) is 16.7 Å². The van der Waals surface area contributed by atoms with Gasteiger partial charge in [0.25, 0.3) is 0 Å². The normalized spacial score (nSPS) is 11.5. The molecule has 114 valence electrons. The maximum atomic E-state index is 4.99. The molecule has 0 aliphatic rings. The fraction of sp³-hybridized carbons (Fsp3) is 0.0455. The third-order valence-electron chi connectivity index (χ3n) is 4.69. The average molecular weight is 308 g/mol. The third-order valence-corrected chi connectivity index (χ3v) is 4.69. The van der Waals surface area contributed by atoms with Crippen molar-refractivity contribution in [2.24, 2.45) is 0 Å². The summed E-state index contributed by atoms with van der Waals surface area (Å²) in [7, 11) is 0. The van der Waals surface area contributed by atoms with Crippen molar-refractivity contribution in [2.75, 3.05) is 0 Å². The van der Waals surface area contributed by atoms with E-state index in [9.17, 15) is 0 Å². The van der Waals surface area contributed by atoms with Crippen LogP contribution in [0.2, 0.25) is 0 Å². The van der Waals surface area contributed by atoms with Crippen molar-refractivity contribution in [3.8, 4) is 11.3 Å². The van der Waals surface area contributed by atoms with Gasteiger partial charge in [-0.25, -0.2) is 4.98 Å². The number of nitrogens with zero attached hydrogens (tertiary/aromatic N) is 2. The van der Waals surface area contributed by atoms with E-state index in [0.717, 1.165) is 16.7 Å². The zero-order valence-electron chi connectivity index (χ0n) is 13.4. The van der Waals surface area contributed by atoms with Crippen LogP contribution >= 0.6 is 0 Å². The second-order valence-corrected chi connectivity index (χ2v) is 6.20. The SMILES string of the molecule is Cc1cccc2c1nc1c3ccccc3cc(-c3ccccc3)n21.